The van der Waals surface area contributed by atoms with E-state index in [1.807, 2.05) is 19.1 Å². The lowest BCUT2D eigenvalue weighted by Gasteiger charge is -2.10. The quantitative estimate of drug-likeness (QED) is 0.759. The first kappa shape index (κ1) is 14.0. The maximum atomic E-state index is 12.4. The van der Waals surface area contributed by atoms with Gasteiger partial charge in [0.2, 0.25) is 0 Å². The molecule has 2 heterocycles. The molecule has 0 spiro atoms. The van der Waals surface area contributed by atoms with Gasteiger partial charge in [0.15, 0.2) is 0 Å². The van der Waals surface area contributed by atoms with Gasteiger partial charge in [-0.2, -0.15) is 0 Å². The number of hydrogen-bond donors (Lipinski definition) is 2. The van der Waals surface area contributed by atoms with Crippen molar-refractivity contribution in [2.24, 2.45) is 0 Å². The molecule has 0 saturated carbocycles. The number of nitrogens with two attached hydrogens (primary N) is 1. The second kappa shape index (κ2) is 5.42. The summed E-state index contributed by atoms with van der Waals surface area (Å²) in [6.45, 7) is 1.86. The molecule has 1 unspecified atom stereocenters. The van der Waals surface area contributed by atoms with Crippen LogP contribution in [-0.2, 0) is 0 Å². The SMILES string of the molecule is CC(NC(=O)c1sc2ccc(Cl)cc2c1N)c1ccco1. The van der Waals surface area contributed by atoms with Gasteiger partial charge in [0.1, 0.15) is 10.6 Å². The van der Waals surface area contributed by atoms with Crippen molar-refractivity contribution < 1.29 is 9.21 Å². The number of hydrogen-bond acceptors (Lipinski definition) is 4. The molecular weight excluding hydrogens is 308 g/mol. The Kier molecular flexibility index (Phi) is 3.61. The van der Waals surface area contributed by atoms with Crippen LogP contribution in [0.5, 0.6) is 0 Å². The van der Waals surface area contributed by atoms with Gasteiger partial charge >= 0.3 is 0 Å². The average molecular weight is 321 g/mol. The van der Waals surface area contributed by atoms with Crippen LogP contribution in [-0.4, -0.2) is 5.91 Å². The summed E-state index contributed by atoms with van der Waals surface area (Å²) in [5.74, 6) is 0.486. The Labute approximate surface area is 130 Å². The molecule has 0 bridgehead atoms. The molecule has 3 aromatic rings. The van der Waals surface area contributed by atoms with Crippen LogP contribution in [0.25, 0.3) is 10.1 Å². The summed E-state index contributed by atoms with van der Waals surface area (Å²) < 4.78 is 6.21. The molecule has 108 valence electrons. The van der Waals surface area contributed by atoms with Gasteiger partial charge in [-0.3, -0.25) is 4.79 Å². The van der Waals surface area contributed by atoms with Gasteiger partial charge in [0, 0.05) is 15.1 Å². The Morgan fingerprint density at radius 3 is 2.95 bits per heavy atom. The molecule has 3 rings (SSSR count). The Morgan fingerprint density at radius 1 is 1.43 bits per heavy atom. The summed E-state index contributed by atoms with van der Waals surface area (Å²) in [6, 6.07) is 8.81. The summed E-state index contributed by atoms with van der Waals surface area (Å²) in [7, 11) is 0. The zero-order valence-electron chi connectivity index (χ0n) is 11.2. The molecule has 0 aliphatic heterocycles. The maximum absolute atomic E-state index is 12.4. The number of benzene rings is 1. The molecule has 1 atom stereocenters. The van der Waals surface area contributed by atoms with E-state index in [-0.39, 0.29) is 11.9 Å². The lowest BCUT2D eigenvalue weighted by Crippen LogP contribution is -2.26. The first-order valence-corrected chi connectivity index (χ1v) is 7.57. The van der Waals surface area contributed by atoms with E-state index in [9.17, 15) is 4.79 Å². The van der Waals surface area contributed by atoms with Gasteiger partial charge in [0.05, 0.1) is 18.0 Å². The van der Waals surface area contributed by atoms with Crippen molar-refractivity contribution in [3.63, 3.8) is 0 Å². The standard InChI is InChI=1S/C15H13ClN2O2S/c1-8(11-3-2-6-20-11)18-15(19)14-13(17)10-7-9(16)4-5-12(10)21-14/h2-8H,17H2,1H3,(H,18,19). The van der Waals surface area contributed by atoms with Gasteiger partial charge in [-0.05, 0) is 37.3 Å². The predicted octanol–water partition coefficient (Wildman–Crippen LogP) is 4.22. The number of furan rings is 1. The minimum Gasteiger partial charge on any atom is -0.467 e. The molecule has 21 heavy (non-hydrogen) atoms. The number of nitrogen functional groups attached to an aromatic ring is 1. The van der Waals surface area contributed by atoms with Gasteiger partial charge in [0.25, 0.3) is 5.91 Å². The lowest BCUT2D eigenvalue weighted by atomic mass is 10.2. The fourth-order valence-electron chi connectivity index (χ4n) is 2.13. The molecule has 3 N–H and O–H groups in total. The van der Waals surface area contributed by atoms with E-state index in [1.165, 1.54) is 11.3 Å². The van der Waals surface area contributed by atoms with E-state index >= 15 is 0 Å². The number of amides is 1. The number of anilines is 1. The van der Waals surface area contributed by atoms with E-state index in [0.29, 0.717) is 21.3 Å². The molecule has 6 heteroatoms. The minimum absolute atomic E-state index is 0.214. The van der Waals surface area contributed by atoms with Crippen molar-refractivity contribution >= 4 is 44.6 Å². The summed E-state index contributed by atoms with van der Waals surface area (Å²) in [5.41, 5.74) is 6.53. The first-order valence-electron chi connectivity index (χ1n) is 6.38. The molecule has 2 aromatic heterocycles. The van der Waals surface area contributed by atoms with Crippen LogP contribution in [0.3, 0.4) is 0 Å². The third-order valence-corrected chi connectivity index (χ3v) is 4.63. The number of carbonyl (C=O) groups is 1. The van der Waals surface area contributed by atoms with E-state index in [1.54, 1.807) is 24.5 Å². The van der Waals surface area contributed by atoms with Gasteiger partial charge < -0.3 is 15.5 Å². The van der Waals surface area contributed by atoms with Crippen LogP contribution in [0.1, 0.15) is 28.4 Å². The van der Waals surface area contributed by atoms with Crippen molar-refractivity contribution in [1.29, 1.82) is 0 Å². The number of thiophene rings is 1. The Balaban J connectivity index is 1.89. The minimum atomic E-state index is -0.222. The number of carbonyl (C=O) groups excluding carboxylic acids is 1. The van der Waals surface area contributed by atoms with Gasteiger partial charge in [-0.25, -0.2) is 0 Å². The van der Waals surface area contributed by atoms with Crippen molar-refractivity contribution in [3.8, 4) is 0 Å². The fraction of sp³-hybridized carbons (Fsp3) is 0.133. The highest BCUT2D eigenvalue weighted by atomic mass is 35.5. The second-order valence-electron chi connectivity index (χ2n) is 4.70. The average Bonchev–Trinajstić information content (AvgIpc) is 3.08. The zero-order valence-corrected chi connectivity index (χ0v) is 12.8. The molecule has 1 aromatic carbocycles. The summed E-state index contributed by atoms with van der Waals surface area (Å²) >= 11 is 7.32. The smallest absolute Gasteiger partial charge is 0.264 e. The monoisotopic (exact) mass is 320 g/mol. The molecule has 1 amide bonds. The van der Waals surface area contributed by atoms with Crippen LogP contribution in [0.2, 0.25) is 5.02 Å². The third-order valence-electron chi connectivity index (χ3n) is 3.21. The van der Waals surface area contributed by atoms with E-state index in [2.05, 4.69) is 5.32 Å². The van der Waals surface area contributed by atoms with Crippen LogP contribution in [0, 0.1) is 0 Å². The summed E-state index contributed by atoms with van der Waals surface area (Å²) in [4.78, 5) is 12.9. The number of nitrogens with one attached hydrogen (secondary N) is 1. The Morgan fingerprint density at radius 2 is 2.24 bits per heavy atom. The zero-order chi connectivity index (χ0) is 15.0. The normalized spacial score (nSPS) is 12.5. The molecule has 4 nitrogen and oxygen atoms in total. The lowest BCUT2D eigenvalue weighted by molar-refractivity contribution is 0.0940. The number of halogens is 1. The maximum Gasteiger partial charge on any atom is 0.264 e. The molecule has 0 aliphatic rings. The second-order valence-corrected chi connectivity index (χ2v) is 6.18. The molecule has 0 radical (unpaired) electrons. The van der Waals surface area contributed by atoms with Crippen molar-refractivity contribution in [2.45, 2.75) is 13.0 Å². The van der Waals surface area contributed by atoms with Crippen molar-refractivity contribution in [3.05, 3.63) is 52.3 Å². The highest BCUT2D eigenvalue weighted by Gasteiger charge is 2.19. The van der Waals surface area contributed by atoms with Crippen LogP contribution >= 0.6 is 22.9 Å². The Bertz CT molecular complexity index is 795. The van der Waals surface area contributed by atoms with Gasteiger partial charge in [-0.15, -0.1) is 11.3 Å². The summed E-state index contributed by atoms with van der Waals surface area (Å²) in [6.07, 6.45) is 1.58. The largest absolute Gasteiger partial charge is 0.467 e. The van der Waals surface area contributed by atoms with Crippen LogP contribution < -0.4 is 11.1 Å². The van der Waals surface area contributed by atoms with Crippen LogP contribution in [0.15, 0.2) is 41.0 Å². The first-order chi connectivity index (χ1) is 10.1. The van der Waals surface area contributed by atoms with Crippen molar-refractivity contribution in [2.75, 3.05) is 5.73 Å². The summed E-state index contributed by atoms with van der Waals surface area (Å²) in [5, 5.41) is 4.29. The highest BCUT2D eigenvalue weighted by molar-refractivity contribution is 7.21. The van der Waals surface area contributed by atoms with Gasteiger partial charge in [-0.1, -0.05) is 11.6 Å². The topological polar surface area (TPSA) is 68.3 Å². The third kappa shape index (κ3) is 2.62. The van der Waals surface area contributed by atoms with Crippen LogP contribution in [0.4, 0.5) is 5.69 Å². The molecule has 0 aliphatic carbocycles. The predicted molar refractivity (Wildman–Crippen MR) is 85.8 cm³/mol. The van der Waals surface area contributed by atoms with Crippen molar-refractivity contribution in [1.82, 2.24) is 5.32 Å². The highest BCUT2D eigenvalue weighted by Crippen LogP contribution is 2.35. The molecule has 0 saturated heterocycles. The van der Waals surface area contributed by atoms with E-state index in [0.717, 1.165) is 10.1 Å². The fourth-order valence-corrected chi connectivity index (χ4v) is 3.31. The molecular formula is C15H13ClN2O2S. The van der Waals surface area contributed by atoms with E-state index < -0.39 is 0 Å². The number of rotatable bonds is 3. The Hall–Kier alpha value is -1.98. The number of fused-ring (bicyclic) bond motifs is 1. The molecule has 0 fully saturated rings. The van der Waals surface area contributed by atoms with E-state index in [4.69, 9.17) is 21.8 Å².